The van der Waals surface area contributed by atoms with E-state index in [4.69, 9.17) is 23.7 Å². The molecule has 2 fully saturated rings. The molecule has 0 amide bonds. The van der Waals surface area contributed by atoms with Crippen molar-refractivity contribution in [3.8, 4) is 23.0 Å². The van der Waals surface area contributed by atoms with Crippen molar-refractivity contribution in [3.05, 3.63) is 47.5 Å². The number of hydrogen-bond acceptors (Lipinski definition) is 6. The highest BCUT2D eigenvalue weighted by Crippen LogP contribution is 2.51. The molecule has 6 nitrogen and oxygen atoms in total. The van der Waals surface area contributed by atoms with Crippen LogP contribution in [0.25, 0.3) is 0 Å². The standard InChI is InChI=1S/C21H24O6/c1-23-17-6-4-12(8-16(17)22)20-14-10-27-21(15(14)11-26-20)13-5-7-18(24-2)19(9-13)25-3/h4-9,14-15,20-22H,10-11H2,1-3H3. The van der Waals surface area contributed by atoms with Crippen LogP contribution in [0.4, 0.5) is 0 Å². The number of phenols is 1. The lowest BCUT2D eigenvalue weighted by molar-refractivity contribution is 0.0191. The number of hydrogen-bond donors (Lipinski definition) is 1. The third-order valence-electron chi connectivity index (χ3n) is 5.53. The Morgan fingerprint density at radius 3 is 1.78 bits per heavy atom. The van der Waals surface area contributed by atoms with Crippen molar-refractivity contribution in [1.82, 2.24) is 0 Å². The molecule has 2 aliphatic heterocycles. The van der Waals surface area contributed by atoms with E-state index in [1.807, 2.05) is 24.3 Å². The van der Waals surface area contributed by atoms with Gasteiger partial charge in [-0.3, -0.25) is 0 Å². The molecular formula is C21H24O6. The fourth-order valence-electron chi connectivity index (χ4n) is 4.15. The third kappa shape index (κ3) is 3.09. The molecule has 0 bridgehead atoms. The van der Waals surface area contributed by atoms with Gasteiger partial charge in [0.15, 0.2) is 23.0 Å². The Morgan fingerprint density at radius 2 is 1.26 bits per heavy atom. The molecule has 2 saturated heterocycles. The minimum atomic E-state index is -0.100. The zero-order valence-corrected chi connectivity index (χ0v) is 15.7. The number of fused-ring (bicyclic) bond motifs is 1. The second-order valence-electron chi connectivity index (χ2n) is 6.88. The van der Waals surface area contributed by atoms with E-state index in [9.17, 15) is 5.11 Å². The van der Waals surface area contributed by atoms with Gasteiger partial charge < -0.3 is 28.8 Å². The van der Waals surface area contributed by atoms with Gasteiger partial charge in [0, 0.05) is 11.8 Å². The average molecular weight is 372 g/mol. The molecule has 27 heavy (non-hydrogen) atoms. The maximum atomic E-state index is 10.1. The van der Waals surface area contributed by atoms with E-state index >= 15 is 0 Å². The Kier molecular flexibility index (Phi) is 4.85. The van der Waals surface area contributed by atoms with Crippen LogP contribution in [-0.2, 0) is 9.47 Å². The van der Waals surface area contributed by atoms with Crippen LogP contribution < -0.4 is 14.2 Å². The molecule has 2 heterocycles. The van der Waals surface area contributed by atoms with E-state index < -0.39 is 0 Å². The first-order valence-corrected chi connectivity index (χ1v) is 8.98. The summed E-state index contributed by atoms with van der Waals surface area (Å²) < 4.78 is 28.1. The van der Waals surface area contributed by atoms with Crippen LogP contribution in [-0.4, -0.2) is 39.6 Å². The Morgan fingerprint density at radius 1 is 0.741 bits per heavy atom. The van der Waals surface area contributed by atoms with Gasteiger partial charge in [0.1, 0.15) is 0 Å². The first-order chi connectivity index (χ1) is 13.2. The monoisotopic (exact) mass is 372 g/mol. The molecule has 2 aromatic carbocycles. The highest BCUT2D eigenvalue weighted by Gasteiger charge is 2.48. The van der Waals surface area contributed by atoms with Crippen LogP contribution in [0.1, 0.15) is 23.3 Å². The van der Waals surface area contributed by atoms with Crippen LogP contribution in [0.2, 0.25) is 0 Å². The second-order valence-corrected chi connectivity index (χ2v) is 6.88. The average Bonchev–Trinajstić information content (AvgIpc) is 3.29. The summed E-state index contributed by atoms with van der Waals surface area (Å²) in [4.78, 5) is 0. The number of rotatable bonds is 5. The van der Waals surface area contributed by atoms with Crippen molar-refractivity contribution in [3.63, 3.8) is 0 Å². The molecule has 6 heteroatoms. The van der Waals surface area contributed by atoms with E-state index in [0.29, 0.717) is 30.5 Å². The summed E-state index contributed by atoms with van der Waals surface area (Å²) in [7, 11) is 4.79. The molecule has 0 radical (unpaired) electrons. The van der Waals surface area contributed by atoms with Crippen molar-refractivity contribution in [2.75, 3.05) is 34.5 Å². The SMILES string of the molecule is COc1ccc(C2OCC3C(c4ccc(OC)c(OC)c4)OCC23)cc1O. The van der Waals surface area contributed by atoms with Gasteiger partial charge in [-0.05, 0) is 35.4 Å². The van der Waals surface area contributed by atoms with Crippen LogP contribution in [0.3, 0.4) is 0 Å². The Hall–Kier alpha value is -2.44. The maximum absolute atomic E-state index is 10.1. The van der Waals surface area contributed by atoms with Crippen molar-refractivity contribution in [1.29, 1.82) is 0 Å². The summed E-state index contributed by atoms with van der Waals surface area (Å²) in [5, 5.41) is 10.1. The Bertz CT molecular complexity index is 820. The van der Waals surface area contributed by atoms with Gasteiger partial charge >= 0.3 is 0 Å². The zero-order valence-electron chi connectivity index (χ0n) is 15.7. The van der Waals surface area contributed by atoms with Crippen molar-refractivity contribution < 1.29 is 28.8 Å². The van der Waals surface area contributed by atoms with Gasteiger partial charge in [-0.15, -0.1) is 0 Å². The zero-order chi connectivity index (χ0) is 19.0. The fourth-order valence-corrected chi connectivity index (χ4v) is 4.15. The molecule has 0 aliphatic carbocycles. The van der Waals surface area contributed by atoms with Crippen molar-refractivity contribution >= 4 is 0 Å². The van der Waals surface area contributed by atoms with Gasteiger partial charge in [0.05, 0.1) is 46.8 Å². The maximum Gasteiger partial charge on any atom is 0.161 e. The summed E-state index contributed by atoms with van der Waals surface area (Å²) in [6.45, 7) is 1.22. The molecule has 144 valence electrons. The van der Waals surface area contributed by atoms with Gasteiger partial charge in [-0.1, -0.05) is 12.1 Å². The fraction of sp³-hybridized carbons (Fsp3) is 0.429. The van der Waals surface area contributed by atoms with Gasteiger partial charge in [-0.2, -0.15) is 0 Å². The molecule has 0 aromatic heterocycles. The number of methoxy groups -OCH3 is 3. The topological polar surface area (TPSA) is 66.4 Å². The summed E-state index contributed by atoms with van der Waals surface area (Å²) in [5.41, 5.74) is 2.00. The van der Waals surface area contributed by atoms with Gasteiger partial charge in [0.25, 0.3) is 0 Å². The first kappa shape index (κ1) is 17.9. The second kappa shape index (κ2) is 7.29. The van der Waals surface area contributed by atoms with Gasteiger partial charge in [-0.25, -0.2) is 0 Å². The molecule has 4 atom stereocenters. The molecule has 2 aliphatic rings. The summed E-state index contributed by atoms with van der Waals surface area (Å²) in [5.74, 6) is 2.45. The molecule has 4 unspecified atom stereocenters. The lowest BCUT2D eigenvalue weighted by Crippen LogP contribution is -2.14. The minimum Gasteiger partial charge on any atom is -0.504 e. The van der Waals surface area contributed by atoms with Crippen LogP contribution in [0.5, 0.6) is 23.0 Å². The summed E-state index contributed by atoms with van der Waals surface area (Å²) in [6.07, 6.45) is -0.149. The molecule has 1 N–H and O–H groups in total. The smallest absolute Gasteiger partial charge is 0.161 e. The van der Waals surface area contributed by atoms with E-state index in [2.05, 4.69) is 0 Å². The largest absolute Gasteiger partial charge is 0.504 e. The minimum absolute atomic E-state index is 0.0494. The summed E-state index contributed by atoms with van der Waals surface area (Å²) >= 11 is 0. The molecule has 4 rings (SSSR count). The predicted octanol–water partition coefficient (Wildman–Crippen LogP) is 3.49. The van der Waals surface area contributed by atoms with Gasteiger partial charge in [0.2, 0.25) is 0 Å². The number of ether oxygens (including phenoxy) is 5. The van der Waals surface area contributed by atoms with Crippen LogP contribution in [0.15, 0.2) is 36.4 Å². The van der Waals surface area contributed by atoms with Crippen molar-refractivity contribution in [2.24, 2.45) is 11.8 Å². The summed E-state index contributed by atoms with van der Waals surface area (Å²) in [6, 6.07) is 11.3. The first-order valence-electron chi connectivity index (χ1n) is 8.98. The highest BCUT2D eigenvalue weighted by atomic mass is 16.5. The van der Waals surface area contributed by atoms with E-state index in [1.54, 1.807) is 26.4 Å². The Labute approximate surface area is 158 Å². The van der Waals surface area contributed by atoms with Crippen molar-refractivity contribution in [2.45, 2.75) is 12.2 Å². The molecule has 0 saturated carbocycles. The lowest BCUT2D eigenvalue weighted by Gasteiger charge is -2.18. The molecule has 0 spiro atoms. The predicted molar refractivity (Wildman–Crippen MR) is 98.6 cm³/mol. The van der Waals surface area contributed by atoms with E-state index in [0.717, 1.165) is 11.1 Å². The van der Waals surface area contributed by atoms with Crippen LogP contribution in [0, 0.1) is 11.8 Å². The van der Waals surface area contributed by atoms with E-state index in [-0.39, 0.29) is 29.8 Å². The highest BCUT2D eigenvalue weighted by molar-refractivity contribution is 5.45. The number of benzene rings is 2. The number of aromatic hydroxyl groups is 1. The quantitative estimate of drug-likeness (QED) is 0.867. The Balaban J connectivity index is 1.56. The molecular weight excluding hydrogens is 348 g/mol. The lowest BCUT2D eigenvalue weighted by atomic mass is 9.85. The third-order valence-corrected chi connectivity index (χ3v) is 5.53. The molecule has 2 aromatic rings. The van der Waals surface area contributed by atoms with Crippen LogP contribution >= 0.6 is 0 Å². The number of phenolic OH excluding ortho intramolecular Hbond substituents is 1. The van der Waals surface area contributed by atoms with E-state index in [1.165, 1.54) is 7.11 Å². The normalized spacial score (nSPS) is 26.6.